The van der Waals surface area contributed by atoms with E-state index in [1.165, 1.54) is 10.9 Å². The third kappa shape index (κ3) is 2.92. The first kappa shape index (κ1) is 13.1. The van der Waals surface area contributed by atoms with E-state index < -0.39 is 5.97 Å². The van der Waals surface area contributed by atoms with Gasteiger partial charge in [0.25, 0.3) is 0 Å². The molecule has 2 aromatic rings. The average molecular weight is 262 g/mol. The van der Waals surface area contributed by atoms with Crippen LogP contribution in [0.3, 0.4) is 0 Å². The number of hydrogen-bond acceptors (Lipinski definition) is 4. The number of para-hydroxylation sites is 1. The van der Waals surface area contributed by atoms with Crippen LogP contribution in [0.2, 0.25) is 0 Å². The molecule has 2 rings (SSSR count). The van der Waals surface area contributed by atoms with E-state index in [1.54, 1.807) is 7.11 Å². The summed E-state index contributed by atoms with van der Waals surface area (Å²) in [5, 5.41) is 13.2. The minimum absolute atomic E-state index is 0.0277. The fourth-order valence-electron chi connectivity index (χ4n) is 1.60. The number of rotatable bonds is 6. The lowest BCUT2D eigenvalue weighted by Crippen LogP contribution is -2.10. The van der Waals surface area contributed by atoms with Gasteiger partial charge in [-0.15, -0.1) is 0 Å². The minimum Gasteiger partial charge on any atom is -0.477 e. The van der Waals surface area contributed by atoms with Crippen LogP contribution in [-0.2, 0) is 4.74 Å². The summed E-state index contributed by atoms with van der Waals surface area (Å²) in [6.45, 7) is 0.633. The molecule has 1 N–H and O–H groups in total. The zero-order chi connectivity index (χ0) is 13.7. The van der Waals surface area contributed by atoms with Crippen molar-refractivity contribution < 1.29 is 19.4 Å². The van der Waals surface area contributed by atoms with Crippen LogP contribution in [0.5, 0.6) is 5.88 Å². The van der Waals surface area contributed by atoms with Crippen molar-refractivity contribution in [2.24, 2.45) is 0 Å². The first-order chi connectivity index (χ1) is 9.24. The van der Waals surface area contributed by atoms with Crippen LogP contribution in [0.25, 0.3) is 5.69 Å². The third-order valence-electron chi connectivity index (χ3n) is 2.48. The van der Waals surface area contributed by atoms with Gasteiger partial charge in [0.2, 0.25) is 5.88 Å². The van der Waals surface area contributed by atoms with Crippen LogP contribution in [0, 0.1) is 0 Å². The van der Waals surface area contributed by atoms with Crippen molar-refractivity contribution >= 4 is 5.97 Å². The summed E-state index contributed by atoms with van der Waals surface area (Å²) < 4.78 is 11.8. The number of carboxylic acid groups (broad SMARTS) is 1. The van der Waals surface area contributed by atoms with Crippen LogP contribution in [0.15, 0.2) is 36.5 Å². The number of nitrogens with zero attached hydrogens (tertiary/aromatic N) is 2. The summed E-state index contributed by atoms with van der Waals surface area (Å²) in [7, 11) is 1.55. The molecule has 0 aliphatic carbocycles. The number of ether oxygens (including phenoxy) is 2. The van der Waals surface area contributed by atoms with E-state index in [-0.39, 0.29) is 18.1 Å². The number of aromatic carboxylic acids is 1. The summed E-state index contributed by atoms with van der Waals surface area (Å²) in [6.07, 6.45) is 1.28. The summed E-state index contributed by atoms with van der Waals surface area (Å²) >= 11 is 0. The Balaban J connectivity index is 2.35. The molecule has 1 aromatic heterocycles. The van der Waals surface area contributed by atoms with Crippen LogP contribution in [-0.4, -0.2) is 41.2 Å². The molecular formula is C13H14N2O4. The molecule has 1 aromatic carbocycles. The van der Waals surface area contributed by atoms with Gasteiger partial charge in [0.1, 0.15) is 12.2 Å². The van der Waals surface area contributed by atoms with Crippen LogP contribution < -0.4 is 4.74 Å². The molecule has 0 spiro atoms. The second-order valence-electron chi connectivity index (χ2n) is 3.76. The number of hydrogen-bond donors (Lipinski definition) is 1. The van der Waals surface area contributed by atoms with E-state index in [9.17, 15) is 4.79 Å². The van der Waals surface area contributed by atoms with Gasteiger partial charge in [0, 0.05) is 7.11 Å². The molecule has 0 bridgehead atoms. The van der Waals surface area contributed by atoms with Crippen LogP contribution in [0.4, 0.5) is 0 Å². The minimum atomic E-state index is -1.07. The molecule has 6 nitrogen and oxygen atoms in total. The number of carbonyl (C=O) groups is 1. The van der Waals surface area contributed by atoms with Crippen molar-refractivity contribution in [2.45, 2.75) is 0 Å². The Kier molecular flexibility index (Phi) is 4.15. The topological polar surface area (TPSA) is 73.6 Å². The maximum atomic E-state index is 11.1. The molecule has 0 aliphatic heterocycles. The van der Waals surface area contributed by atoms with E-state index in [4.69, 9.17) is 14.6 Å². The highest BCUT2D eigenvalue weighted by atomic mass is 16.5. The molecular weight excluding hydrogens is 248 g/mol. The van der Waals surface area contributed by atoms with Gasteiger partial charge >= 0.3 is 5.97 Å². The smallest absolute Gasteiger partial charge is 0.342 e. The number of aromatic nitrogens is 2. The zero-order valence-corrected chi connectivity index (χ0v) is 10.4. The Hall–Kier alpha value is -2.34. The van der Waals surface area contributed by atoms with Crippen molar-refractivity contribution in [1.82, 2.24) is 9.78 Å². The molecule has 0 amide bonds. The van der Waals surface area contributed by atoms with Gasteiger partial charge in [-0.25, -0.2) is 9.48 Å². The largest absolute Gasteiger partial charge is 0.477 e. The summed E-state index contributed by atoms with van der Waals surface area (Å²) in [5.41, 5.74) is 0.766. The highest BCUT2D eigenvalue weighted by Crippen LogP contribution is 2.22. The Bertz CT molecular complexity index is 551. The molecule has 100 valence electrons. The molecule has 6 heteroatoms. The first-order valence-electron chi connectivity index (χ1n) is 5.72. The molecule has 0 atom stereocenters. The van der Waals surface area contributed by atoms with Gasteiger partial charge in [-0.1, -0.05) is 18.2 Å². The van der Waals surface area contributed by atoms with Gasteiger partial charge in [-0.3, -0.25) is 0 Å². The van der Waals surface area contributed by atoms with E-state index >= 15 is 0 Å². The van der Waals surface area contributed by atoms with Crippen LogP contribution >= 0.6 is 0 Å². The number of methoxy groups -OCH3 is 1. The van der Waals surface area contributed by atoms with Gasteiger partial charge in [-0.05, 0) is 12.1 Å². The number of carboxylic acids is 1. The Morgan fingerprint density at radius 3 is 2.68 bits per heavy atom. The fourth-order valence-corrected chi connectivity index (χ4v) is 1.60. The molecule has 0 radical (unpaired) electrons. The molecule has 19 heavy (non-hydrogen) atoms. The average Bonchev–Trinajstić information content (AvgIpc) is 2.84. The lowest BCUT2D eigenvalue weighted by Gasteiger charge is -2.09. The Labute approximate surface area is 110 Å². The summed E-state index contributed by atoms with van der Waals surface area (Å²) in [6, 6.07) is 9.20. The Morgan fingerprint density at radius 2 is 2.05 bits per heavy atom. The van der Waals surface area contributed by atoms with Gasteiger partial charge in [-0.2, -0.15) is 5.10 Å². The SMILES string of the molecule is COCCOc1c(C(=O)O)cnn1-c1ccccc1. The highest BCUT2D eigenvalue weighted by molar-refractivity contribution is 5.90. The molecule has 1 heterocycles. The third-order valence-corrected chi connectivity index (χ3v) is 2.48. The zero-order valence-electron chi connectivity index (χ0n) is 10.4. The van der Waals surface area contributed by atoms with E-state index in [0.29, 0.717) is 6.61 Å². The maximum Gasteiger partial charge on any atom is 0.342 e. The maximum absolute atomic E-state index is 11.1. The van der Waals surface area contributed by atoms with E-state index in [2.05, 4.69) is 5.10 Å². The van der Waals surface area contributed by atoms with Crippen molar-refractivity contribution in [3.63, 3.8) is 0 Å². The monoisotopic (exact) mass is 262 g/mol. The summed E-state index contributed by atoms with van der Waals surface area (Å²) in [4.78, 5) is 11.1. The molecule has 0 aliphatic rings. The van der Waals surface area contributed by atoms with Crippen molar-refractivity contribution in [3.05, 3.63) is 42.1 Å². The number of benzene rings is 1. The van der Waals surface area contributed by atoms with Crippen molar-refractivity contribution in [2.75, 3.05) is 20.3 Å². The molecule has 0 fully saturated rings. The molecule has 0 saturated carbocycles. The predicted molar refractivity (Wildman–Crippen MR) is 67.9 cm³/mol. The van der Waals surface area contributed by atoms with Crippen molar-refractivity contribution in [1.29, 1.82) is 0 Å². The highest BCUT2D eigenvalue weighted by Gasteiger charge is 2.19. The standard InChI is InChI=1S/C13H14N2O4/c1-18-7-8-19-12-11(13(16)17)9-14-15(12)10-5-3-2-4-6-10/h2-6,9H,7-8H2,1H3,(H,16,17). The second-order valence-corrected chi connectivity index (χ2v) is 3.76. The summed E-state index contributed by atoms with van der Waals surface area (Å²) in [5.74, 6) is -0.870. The van der Waals surface area contributed by atoms with Gasteiger partial charge in [0.15, 0.2) is 0 Å². The van der Waals surface area contributed by atoms with E-state index in [1.807, 2.05) is 30.3 Å². The predicted octanol–water partition coefficient (Wildman–Crippen LogP) is 1.60. The lowest BCUT2D eigenvalue weighted by molar-refractivity contribution is 0.0689. The van der Waals surface area contributed by atoms with Gasteiger partial charge in [0.05, 0.1) is 18.5 Å². The first-order valence-corrected chi connectivity index (χ1v) is 5.72. The molecule has 0 saturated heterocycles. The van der Waals surface area contributed by atoms with Gasteiger partial charge < -0.3 is 14.6 Å². The van der Waals surface area contributed by atoms with E-state index in [0.717, 1.165) is 5.69 Å². The fraction of sp³-hybridized carbons (Fsp3) is 0.231. The normalized spacial score (nSPS) is 10.4. The van der Waals surface area contributed by atoms with Crippen molar-refractivity contribution in [3.8, 4) is 11.6 Å². The molecule has 0 unspecified atom stereocenters. The Morgan fingerprint density at radius 1 is 1.32 bits per heavy atom. The van der Waals surface area contributed by atoms with Crippen LogP contribution in [0.1, 0.15) is 10.4 Å². The second kappa shape index (κ2) is 6.01. The quantitative estimate of drug-likeness (QED) is 0.800. The lowest BCUT2D eigenvalue weighted by atomic mass is 10.3.